The van der Waals surface area contributed by atoms with Gasteiger partial charge in [-0.05, 0) is 43.5 Å². The molecule has 1 aliphatic rings. The van der Waals surface area contributed by atoms with E-state index in [9.17, 15) is 0 Å². The van der Waals surface area contributed by atoms with Crippen molar-refractivity contribution in [1.29, 1.82) is 0 Å². The molecule has 1 aromatic heterocycles. The van der Waals surface area contributed by atoms with Crippen LogP contribution in [0.25, 0.3) is 10.9 Å². The SMILES string of the molecule is Nc1c(NCC2CCCCO2)ccc2ncccc12. The third kappa shape index (κ3) is 2.63. The molecule has 0 aliphatic carbocycles. The van der Waals surface area contributed by atoms with E-state index in [-0.39, 0.29) is 0 Å². The topological polar surface area (TPSA) is 60.2 Å². The van der Waals surface area contributed by atoms with E-state index in [1.54, 1.807) is 6.20 Å². The predicted octanol–water partition coefficient (Wildman–Crippen LogP) is 2.80. The highest BCUT2D eigenvalue weighted by Crippen LogP contribution is 2.27. The van der Waals surface area contributed by atoms with Crippen LogP contribution in [0, 0.1) is 0 Å². The third-order valence-electron chi connectivity index (χ3n) is 3.62. The lowest BCUT2D eigenvalue weighted by atomic mass is 10.1. The molecule has 0 radical (unpaired) electrons. The van der Waals surface area contributed by atoms with Gasteiger partial charge < -0.3 is 15.8 Å². The zero-order chi connectivity index (χ0) is 13.1. The van der Waals surface area contributed by atoms with Gasteiger partial charge in [0.15, 0.2) is 0 Å². The van der Waals surface area contributed by atoms with Crippen molar-refractivity contribution in [3.05, 3.63) is 30.5 Å². The van der Waals surface area contributed by atoms with Crippen molar-refractivity contribution in [2.75, 3.05) is 24.2 Å². The summed E-state index contributed by atoms with van der Waals surface area (Å²) in [7, 11) is 0. The minimum absolute atomic E-state index is 0.303. The van der Waals surface area contributed by atoms with Crippen molar-refractivity contribution in [3.8, 4) is 0 Å². The first-order valence-electron chi connectivity index (χ1n) is 6.83. The van der Waals surface area contributed by atoms with Crippen LogP contribution in [0.15, 0.2) is 30.5 Å². The maximum Gasteiger partial charge on any atom is 0.0747 e. The lowest BCUT2D eigenvalue weighted by Gasteiger charge is -2.23. The number of hydrogen-bond acceptors (Lipinski definition) is 4. The van der Waals surface area contributed by atoms with Crippen molar-refractivity contribution in [3.63, 3.8) is 0 Å². The van der Waals surface area contributed by atoms with E-state index in [0.717, 1.165) is 41.9 Å². The van der Waals surface area contributed by atoms with E-state index in [1.807, 2.05) is 24.3 Å². The molecule has 4 nitrogen and oxygen atoms in total. The van der Waals surface area contributed by atoms with Gasteiger partial charge in [0, 0.05) is 24.7 Å². The zero-order valence-corrected chi connectivity index (χ0v) is 10.9. The molecular formula is C15H19N3O. The normalized spacial score (nSPS) is 19.5. The number of nitrogens with one attached hydrogen (secondary N) is 1. The zero-order valence-electron chi connectivity index (χ0n) is 10.9. The number of fused-ring (bicyclic) bond motifs is 1. The first kappa shape index (κ1) is 12.2. The first-order chi connectivity index (χ1) is 9.34. The fourth-order valence-corrected chi connectivity index (χ4v) is 2.52. The predicted molar refractivity (Wildman–Crippen MR) is 78.2 cm³/mol. The molecule has 1 fully saturated rings. The minimum Gasteiger partial charge on any atom is -0.397 e. The molecule has 3 rings (SSSR count). The Kier molecular flexibility index (Phi) is 3.51. The van der Waals surface area contributed by atoms with Gasteiger partial charge in [-0.1, -0.05) is 0 Å². The van der Waals surface area contributed by atoms with Gasteiger partial charge in [-0.2, -0.15) is 0 Å². The van der Waals surface area contributed by atoms with Gasteiger partial charge in [0.25, 0.3) is 0 Å². The van der Waals surface area contributed by atoms with Crippen LogP contribution in [0.5, 0.6) is 0 Å². The number of pyridine rings is 1. The molecular weight excluding hydrogens is 238 g/mol. The number of anilines is 2. The lowest BCUT2D eigenvalue weighted by molar-refractivity contribution is 0.0248. The molecule has 0 bridgehead atoms. The van der Waals surface area contributed by atoms with Gasteiger partial charge in [0.05, 0.1) is 23.0 Å². The van der Waals surface area contributed by atoms with E-state index >= 15 is 0 Å². The van der Waals surface area contributed by atoms with Crippen molar-refractivity contribution < 1.29 is 4.74 Å². The largest absolute Gasteiger partial charge is 0.397 e. The number of nitrogens with zero attached hydrogens (tertiary/aromatic N) is 1. The highest BCUT2D eigenvalue weighted by atomic mass is 16.5. The summed E-state index contributed by atoms with van der Waals surface area (Å²) in [5.74, 6) is 0. The Balaban J connectivity index is 1.75. The van der Waals surface area contributed by atoms with Crippen LogP contribution in [0.1, 0.15) is 19.3 Å². The molecule has 0 amide bonds. The number of rotatable bonds is 3. The molecule has 19 heavy (non-hydrogen) atoms. The summed E-state index contributed by atoms with van der Waals surface area (Å²) in [5, 5.41) is 4.39. The number of benzene rings is 1. The van der Waals surface area contributed by atoms with E-state index in [4.69, 9.17) is 10.5 Å². The molecule has 1 saturated heterocycles. The molecule has 1 aromatic carbocycles. The van der Waals surface area contributed by atoms with Gasteiger partial charge >= 0.3 is 0 Å². The highest BCUT2D eigenvalue weighted by Gasteiger charge is 2.14. The van der Waals surface area contributed by atoms with Crippen LogP contribution in [0.4, 0.5) is 11.4 Å². The summed E-state index contributed by atoms with van der Waals surface area (Å²) < 4.78 is 5.71. The van der Waals surface area contributed by atoms with E-state index in [2.05, 4.69) is 10.3 Å². The van der Waals surface area contributed by atoms with Gasteiger partial charge in [0.2, 0.25) is 0 Å². The standard InChI is InChI=1S/C15H19N3O/c16-15-12-5-3-8-17-13(12)6-7-14(15)18-10-11-4-1-2-9-19-11/h3,5-8,11,18H,1-2,4,9-10,16H2. The van der Waals surface area contributed by atoms with E-state index < -0.39 is 0 Å². The van der Waals surface area contributed by atoms with Crippen molar-refractivity contribution >= 4 is 22.3 Å². The van der Waals surface area contributed by atoms with Crippen LogP contribution in [0.3, 0.4) is 0 Å². The van der Waals surface area contributed by atoms with Gasteiger partial charge in [-0.25, -0.2) is 0 Å². The molecule has 0 spiro atoms. The fraction of sp³-hybridized carbons (Fsp3) is 0.400. The molecule has 1 unspecified atom stereocenters. The Morgan fingerprint density at radius 2 is 2.26 bits per heavy atom. The number of hydrogen-bond donors (Lipinski definition) is 2. The second-order valence-corrected chi connectivity index (χ2v) is 4.97. The quantitative estimate of drug-likeness (QED) is 0.830. The average molecular weight is 257 g/mol. The second kappa shape index (κ2) is 5.45. The van der Waals surface area contributed by atoms with Crippen LogP contribution in [-0.2, 0) is 4.74 Å². The fourth-order valence-electron chi connectivity index (χ4n) is 2.52. The lowest BCUT2D eigenvalue weighted by Crippen LogP contribution is -2.27. The van der Waals surface area contributed by atoms with Crippen LogP contribution >= 0.6 is 0 Å². The summed E-state index contributed by atoms with van der Waals surface area (Å²) in [6.07, 6.45) is 5.65. The van der Waals surface area contributed by atoms with Crippen LogP contribution < -0.4 is 11.1 Å². The van der Waals surface area contributed by atoms with Crippen molar-refractivity contribution in [2.24, 2.45) is 0 Å². The Morgan fingerprint density at radius 1 is 1.32 bits per heavy atom. The summed E-state index contributed by atoms with van der Waals surface area (Å²) in [4.78, 5) is 4.30. The summed E-state index contributed by atoms with van der Waals surface area (Å²) in [6.45, 7) is 1.69. The van der Waals surface area contributed by atoms with Crippen LogP contribution in [0.2, 0.25) is 0 Å². The van der Waals surface area contributed by atoms with E-state index in [0.29, 0.717) is 6.10 Å². The smallest absolute Gasteiger partial charge is 0.0747 e. The van der Waals surface area contributed by atoms with Gasteiger partial charge in [-0.3, -0.25) is 4.98 Å². The molecule has 2 heterocycles. The molecule has 2 aromatic rings. The summed E-state index contributed by atoms with van der Waals surface area (Å²) >= 11 is 0. The first-order valence-corrected chi connectivity index (χ1v) is 6.83. The van der Waals surface area contributed by atoms with Gasteiger partial charge in [0.1, 0.15) is 0 Å². The Bertz CT molecular complexity index is 564. The Labute approximate surface area is 113 Å². The summed E-state index contributed by atoms with van der Waals surface area (Å²) in [5.41, 5.74) is 8.85. The molecule has 0 saturated carbocycles. The molecule has 100 valence electrons. The van der Waals surface area contributed by atoms with Crippen molar-refractivity contribution in [2.45, 2.75) is 25.4 Å². The number of nitrogens with two attached hydrogens (primary N) is 1. The molecule has 1 aliphatic heterocycles. The van der Waals surface area contributed by atoms with Crippen molar-refractivity contribution in [1.82, 2.24) is 4.98 Å². The Hall–Kier alpha value is -1.81. The minimum atomic E-state index is 0.303. The van der Waals surface area contributed by atoms with Crippen LogP contribution in [-0.4, -0.2) is 24.2 Å². The second-order valence-electron chi connectivity index (χ2n) is 4.97. The molecule has 4 heteroatoms. The monoisotopic (exact) mass is 257 g/mol. The van der Waals surface area contributed by atoms with E-state index in [1.165, 1.54) is 12.8 Å². The maximum atomic E-state index is 6.19. The number of aromatic nitrogens is 1. The number of ether oxygens (including phenoxy) is 1. The Morgan fingerprint density at radius 3 is 3.11 bits per heavy atom. The molecule has 3 N–H and O–H groups in total. The third-order valence-corrected chi connectivity index (χ3v) is 3.62. The number of nitrogen functional groups attached to an aromatic ring is 1. The molecule has 1 atom stereocenters. The highest BCUT2D eigenvalue weighted by molar-refractivity contribution is 5.96. The van der Waals surface area contributed by atoms with Gasteiger partial charge in [-0.15, -0.1) is 0 Å². The summed E-state index contributed by atoms with van der Waals surface area (Å²) in [6, 6.07) is 7.90. The maximum absolute atomic E-state index is 6.19. The average Bonchev–Trinajstić information content (AvgIpc) is 2.48.